The molecule has 31 heavy (non-hydrogen) atoms. The van der Waals surface area contributed by atoms with E-state index < -0.39 is 0 Å². The molecule has 3 aromatic rings. The Morgan fingerprint density at radius 3 is 2.10 bits per heavy atom. The van der Waals surface area contributed by atoms with Gasteiger partial charge >= 0.3 is 0 Å². The van der Waals surface area contributed by atoms with Gasteiger partial charge in [-0.2, -0.15) is 0 Å². The van der Waals surface area contributed by atoms with Crippen molar-refractivity contribution in [2.45, 2.75) is 12.8 Å². The molecule has 0 atom stereocenters. The molecule has 2 aliphatic heterocycles. The molecule has 2 saturated heterocycles. The van der Waals surface area contributed by atoms with Crippen molar-refractivity contribution in [3.8, 4) is 5.75 Å². The first-order chi connectivity index (χ1) is 15.2. The quantitative estimate of drug-likeness (QED) is 0.650. The molecule has 0 unspecified atom stereocenters. The van der Waals surface area contributed by atoms with E-state index in [0.717, 1.165) is 67.3 Å². The molecule has 0 saturated carbocycles. The Morgan fingerprint density at radius 2 is 1.45 bits per heavy atom. The second kappa shape index (κ2) is 8.41. The molecule has 2 aromatic carbocycles. The SMILES string of the molecule is COc1ccc(N2CCN(C(=O)c3nc4ccccc4nc3N3CCCC3)CC2)cc1. The van der Waals surface area contributed by atoms with Gasteiger partial charge < -0.3 is 19.4 Å². The van der Waals surface area contributed by atoms with Crippen LogP contribution in [0.4, 0.5) is 11.5 Å². The van der Waals surface area contributed by atoms with Gasteiger partial charge in [0.2, 0.25) is 0 Å². The number of anilines is 2. The van der Waals surface area contributed by atoms with Crippen molar-refractivity contribution in [3.05, 3.63) is 54.2 Å². The lowest BCUT2D eigenvalue weighted by atomic mass is 10.2. The minimum absolute atomic E-state index is 0.0190. The van der Waals surface area contributed by atoms with E-state index in [1.807, 2.05) is 41.3 Å². The van der Waals surface area contributed by atoms with E-state index in [-0.39, 0.29) is 5.91 Å². The molecule has 160 valence electrons. The molecule has 0 N–H and O–H groups in total. The van der Waals surface area contributed by atoms with Crippen LogP contribution in [0.25, 0.3) is 11.0 Å². The van der Waals surface area contributed by atoms with Crippen LogP contribution in [0.3, 0.4) is 0 Å². The van der Waals surface area contributed by atoms with Crippen LogP contribution in [-0.2, 0) is 0 Å². The summed E-state index contributed by atoms with van der Waals surface area (Å²) in [4.78, 5) is 29.5. The van der Waals surface area contributed by atoms with Gasteiger partial charge in [-0.3, -0.25) is 4.79 Å². The zero-order chi connectivity index (χ0) is 21.2. The Bertz CT molecular complexity index is 1070. The number of benzene rings is 2. The van der Waals surface area contributed by atoms with Crippen LogP contribution < -0.4 is 14.5 Å². The lowest BCUT2D eigenvalue weighted by Crippen LogP contribution is -2.49. The number of nitrogens with zero attached hydrogens (tertiary/aromatic N) is 5. The average Bonchev–Trinajstić information content (AvgIpc) is 3.38. The Labute approximate surface area is 182 Å². The first-order valence-electron chi connectivity index (χ1n) is 10.9. The number of hydrogen-bond donors (Lipinski definition) is 0. The van der Waals surface area contributed by atoms with E-state index >= 15 is 0 Å². The fraction of sp³-hybridized carbons (Fsp3) is 0.375. The van der Waals surface area contributed by atoms with Crippen LogP contribution in [-0.4, -0.2) is 67.2 Å². The third kappa shape index (κ3) is 3.87. The zero-order valence-electron chi connectivity index (χ0n) is 17.8. The third-order valence-electron chi connectivity index (χ3n) is 6.16. The number of hydrogen-bond acceptors (Lipinski definition) is 6. The fourth-order valence-electron chi connectivity index (χ4n) is 4.39. The predicted molar refractivity (Wildman–Crippen MR) is 122 cm³/mol. The van der Waals surface area contributed by atoms with Gasteiger partial charge in [0.25, 0.3) is 5.91 Å². The highest BCUT2D eigenvalue weighted by Gasteiger charge is 2.29. The second-order valence-corrected chi connectivity index (χ2v) is 8.06. The molecule has 0 bridgehead atoms. The molecule has 1 amide bonds. The Balaban J connectivity index is 1.36. The molecule has 5 rings (SSSR count). The van der Waals surface area contributed by atoms with Crippen LogP contribution in [0, 0.1) is 0 Å². The molecular weight excluding hydrogens is 390 g/mol. The summed E-state index contributed by atoms with van der Waals surface area (Å²) in [6.45, 7) is 4.77. The van der Waals surface area contributed by atoms with Crippen LogP contribution in [0.2, 0.25) is 0 Å². The number of fused-ring (bicyclic) bond motifs is 1. The molecule has 0 spiro atoms. The third-order valence-corrected chi connectivity index (χ3v) is 6.16. The number of methoxy groups -OCH3 is 1. The van der Waals surface area contributed by atoms with E-state index in [1.54, 1.807) is 7.11 Å². The van der Waals surface area contributed by atoms with Gasteiger partial charge in [-0.1, -0.05) is 12.1 Å². The fourth-order valence-corrected chi connectivity index (χ4v) is 4.39. The number of amides is 1. The summed E-state index contributed by atoms with van der Waals surface area (Å²) in [5.74, 6) is 1.57. The lowest BCUT2D eigenvalue weighted by molar-refractivity contribution is 0.0741. The van der Waals surface area contributed by atoms with E-state index in [9.17, 15) is 4.79 Å². The van der Waals surface area contributed by atoms with Crippen LogP contribution in [0.5, 0.6) is 5.75 Å². The number of ether oxygens (including phenoxy) is 1. The highest BCUT2D eigenvalue weighted by atomic mass is 16.5. The minimum Gasteiger partial charge on any atom is -0.497 e. The van der Waals surface area contributed by atoms with Crippen molar-refractivity contribution in [2.75, 3.05) is 56.2 Å². The number of aromatic nitrogens is 2. The number of piperazine rings is 1. The highest BCUT2D eigenvalue weighted by Crippen LogP contribution is 2.26. The topological polar surface area (TPSA) is 61.8 Å². The Morgan fingerprint density at radius 1 is 0.806 bits per heavy atom. The number of para-hydroxylation sites is 2. The number of carbonyl (C=O) groups is 1. The minimum atomic E-state index is -0.0190. The molecule has 0 aliphatic carbocycles. The van der Waals surface area contributed by atoms with Crippen LogP contribution in [0.15, 0.2) is 48.5 Å². The molecular formula is C24H27N5O2. The molecule has 2 fully saturated rings. The van der Waals surface area contributed by atoms with Gasteiger partial charge in [0.15, 0.2) is 11.5 Å². The maximum absolute atomic E-state index is 13.5. The Hall–Kier alpha value is -3.35. The van der Waals surface area contributed by atoms with Crippen molar-refractivity contribution in [2.24, 2.45) is 0 Å². The van der Waals surface area contributed by atoms with Crippen LogP contribution >= 0.6 is 0 Å². The van der Waals surface area contributed by atoms with Crippen LogP contribution in [0.1, 0.15) is 23.3 Å². The molecule has 7 heteroatoms. The van der Waals surface area contributed by atoms with Gasteiger partial charge in [0.05, 0.1) is 18.1 Å². The highest BCUT2D eigenvalue weighted by molar-refractivity contribution is 5.99. The van der Waals surface area contributed by atoms with Crippen molar-refractivity contribution < 1.29 is 9.53 Å². The van der Waals surface area contributed by atoms with Gasteiger partial charge in [-0.05, 0) is 49.2 Å². The number of rotatable bonds is 4. The van der Waals surface area contributed by atoms with Crippen molar-refractivity contribution in [1.29, 1.82) is 0 Å². The second-order valence-electron chi connectivity index (χ2n) is 8.06. The first kappa shape index (κ1) is 19.6. The van der Waals surface area contributed by atoms with Crippen molar-refractivity contribution in [3.63, 3.8) is 0 Å². The predicted octanol–water partition coefficient (Wildman–Crippen LogP) is 3.20. The molecule has 0 radical (unpaired) electrons. The maximum Gasteiger partial charge on any atom is 0.276 e. The largest absolute Gasteiger partial charge is 0.497 e. The zero-order valence-corrected chi connectivity index (χ0v) is 17.8. The van der Waals surface area contributed by atoms with E-state index in [2.05, 4.69) is 21.9 Å². The summed E-state index contributed by atoms with van der Waals surface area (Å²) in [5, 5.41) is 0. The molecule has 7 nitrogen and oxygen atoms in total. The molecule has 2 aliphatic rings. The summed E-state index contributed by atoms with van der Waals surface area (Å²) in [6.07, 6.45) is 2.26. The first-order valence-corrected chi connectivity index (χ1v) is 10.9. The van der Waals surface area contributed by atoms with Crippen molar-refractivity contribution in [1.82, 2.24) is 14.9 Å². The summed E-state index contributed by atoms with van der Waals surface area (Å²) < 4.78 is 5.25. The van der Waals surface area contributed by atoms with Gasteiger partial charge in [0, 0.05) is 45.0 Å². The van der Waals surface area contributed by atoms with Gasteiger partial charge in [0.1, 0.15) is 5.75 Å². The standard InChI is InChI=1S/C24H27N5O2/c1-31-19-10-8-18(9-11-19)27-14-16-29(17-15-27)24(30)22-23(28-12-4-5-13-28)26-21-7-3-2-6-20(21)25-22/h2-3,6-11H,4-5,12-17H2,1H3. The van der Waals surface area contributed by atoms with Gasteiger partial charge in [-0.25, -0.2) is 9.97 Å². The number of carbonyl (C=O) groups excluding carboxylic acids is 1. The summed E-state index contributed by atoms with van der Waals surface area (Å²) >= 11 is 0. The summed E-state index contributed by atoms with van der Waals surface area (Å²) in [6, 6.07) is 15.9. The van der Waals surface area contributed by atoms with E-state index in [0.29, 0.717) is 18.8 Å². The normalized spacial score (nSPS) is 16.7. The average molecular weight is 418 g/mol. The summed E-state index contributed by atoms with van der Waals surface area (Å²) in [5.41, 5.74) is 3.24. The molecule has 3 heterocycles. The summed E-state index contributed by atoms with van der Waals surface area (Å²) in [7, 11) is 1.67. The monoisotopic (exact) mass is 417 g/mol. The van der Waals surface area contributed by atoms with Crippen molar-refractivity contribution >= 4 is 28.4 Å². The molecule has 1 aromatic heterocycles. The maximum atomic E-state index is 13.5. The Kier molecular flexibility index (Phi) is 5.32. The van der Waals surface area contributed by atoms with Gasteiger partial charge in [-0.15, -0.1) is 0 Å². The van der Waals surface area contributed by atoms with E-state index in [4.69, 9.17) is 14.7 Å². The lowest BCUT2D eigenvalue weighted by Gasteiger charge is -2.36. The smallest absolute Gasteiger partial charge is 0.276 e. The van der Waals surface area contributed by atoms with E-state index in [1.165, 1.54) is 0 Å².